The van der Waals surface area contributed by atoms with Crippen LogP contribution in [0.25, 0.3) is 0 Å². The van der Waals surface area contributed by atoms with E-state index in [9.17, 15) is 4.79 Å². The van der Waals surface area contributed by atoms with Crippen molar-refractivity contribution in [3.63, 3.8) is 0 Å². The standard InChI is InChI=1S/C31H43N3O.ClH/c1-22-18-26-28(33(22)2)14-9-16-31(26)21-32-20-27(31)30(35)34-17-15-25(23-10-5-3-6-11-23)19-29(34)24-12-7-4-8-13-24;/h3,5-6,10-11,18,24-25,27,29,32H,4,7-9,12-17,19-21H2,1-2H3;1H/t25-,27?,29+,31+;/m1./s1. The molecule has 1 unspecified atom stereocenters. The Morgan fingerprint density at radius 1 is 1.06 bits per heavy atom. The fourth-order valence-corrected chi connectivity index (χ4v) is 8.47. The minimum absolute atomic E-state index is 0. The summed E-state index contributed by atoms with van der Waals surface area (Å²) in [5.41, 5.74) is 5.85. The number of amides is 1. The van der Waals surface area contributed by atoms with Crippen molar-refractivity contribution in [2.24, 2.45) is 18.9 Å². The number of hydrogen-bond donors (Lipinski definition) is 1. The number of benzene rings is 1. The number of aryl methyl sites for hydroxylation is 1. The lowest BCUT2D eigenvalue weighted by Crippen LogP contribution is -3.00. The molecule has 0 bridgehead atoms. The predicted molar refractivity (Wildman–Crippen MR) is 140 cm³/mol. The summed E-state index contributed by atoms with van der Waals surface area (Å²) in [4.78, 5) is 17.0. The average Bonchev–Trinajstić information content (AvgIpc) is 3.46. The van der Waals surface area contributed by atoms with Gasteiger partial charge >= 0.3 is 0 Å². The van der Waals surface area contributed by atoms with Crippen LogP contribution in [0.2, 0.25) is 0 Å². The first-order valence-electron chi connectivity index (χ1n) is 14.4. The zero-order chi connectivity index (χ0) is 24.0. The van der Waals surface area contributed by atoms with Gasteiger partial charge in [-0.25, -0.2) is 0 Å². The van der Waals surface area contributed by atoms with Gasteiger partial charge in [-0.2, -0.15) is 0 Å². The first kappa shape index (κ1) is 25.9. The number of quaternary nitrogens is 1. The summed E-state index contributed by atoms with van der Waals surface area (Å²) in [5, 5.41) is 2.45. The SMILES string of the molecule is Cc1cc2c(n1C)CCC[C@]21C[NH2+]CC1C(=O)N1CC[C@@H](c2ccccc2)C[C@H]1C1CCCCC1.[Cl-]. The van der Waals surface area contributed by atoms with Crippen LogP contribution in [0.4, 0.5) is 0 Å². The van der Waals surface area contributed by atoms with Gasteiger partial charge in [0, 0.05) is 31.0 Å². The Kier molecular flexibility index (Phi) is 7.56. The Balaban J connectivity index is 0.00000267. The molecular formula is C31H44ClN3O. The largest absolute Gasteiger partial charge is 1.00 e. The second-order valence-electron chi connectivity index (χ2n) is 12.1. The van der Waals surface area contributed by atoms with Gasteiger partial charge in [0.1, 0.15) is 5.92 Å². The van der Waals surface area contributed by atoms with Crippen LogP contribution in [0.3, 0.4) is 0 Å². The normalized spacial score (nSPS) is 30.7. The third kappa shape index (κ3) is 4.32. The van der Waals surface area contributed by atoms with E-state index in [0.29, 0.717) is 23.8 Å². The van der Waals surface area contributed by atoms with E-state index in [1.165, 1.54) is 67.5 Å². The number of carbonyl (C=O) groups excluding carboxylic acids is 1. The highest BCUT2D eigenvalue weighted by atomic mass is 35.5. The summed E-state index contributed by atoms with van der Waals surface area (Å²) >= 11 is 0. The number of nitrogens with two attached hydrogens (primary N) is 1. The van der Waals surface area contributed by atoms with Gasteiger partial charge in [0.05, 0.1) is 18.5 Å². The first-order chi connectivity index (χ1) is 17.1. The van der Waals surface area contributed by atoms with Crippen LogP contribution in [0.15, 0.2) is 36.4 Å². The molecule has 1 aromatic heterocycles. The topological polar surface area (TPSA) is 41.9 Å². The number of hydrogen-bond acceptors (Lipinski definition) is 1. The molecule has 2 aliphatic carbocycles. The summed E-state index contributed by atoms with van der Waals surface area (Å²) in [6.45, 7) is 5.21. The maximum atomic E-state index is 14.6. The highest BCUT2D eigenvalue weighted by Gasteiger charge is 2.55. The molecule has 5 heteroatoms. The Morgan fingerprint density at radius 3 is 2.61 bits per heavy atom. The molecule has 4 nitrogen and oxygen atoms in total. The van der Waals surface area contributed by atoms with E-state index in [4.69, 9.17) is 0 Å². The van der Waals surface area contributed by atoms with E-state index in [2.05, 4.69) is 65.2 Å². The average molecular weight is 510 g/mol. The Morgan fingerprint density at radius 2 is 1.83 bits per heavy atom. The van der Waals surface area contributed by atoms with Crippen LogP contribution in [-0.2, 0) is 23.7 Å². The number of rotatable bonds is 3. The Hall–Kier alpha value is -1.78. The van der Waals surface area contributed by atoms with Gasteiger partial charge in [-0.1, -0.05) is 49.6 Å². The van der Waals surface area contributed by atoms with Crippen LogP contribution in [0.1, 0.15) is 86.2 Å². The molecule has 1 saturated carbocycles. The number of nitrogens with zero attached hydrogens (tertiary/aromatic N) is 2. The Labute approximate surface area is 223 Å². The van der Waals surface area contributed by atoms with Gasteiger partial charge in [-0.05, 0) is 80.9 Å². The van der Waals surface area contributed by atoms with Crippen molar-refractivity contribution in [1.82, 2.24) is 9.47 Å². The minimum Gasteiger partial charge on any atom is -1.00 e. The first-order valence-corrected chi connectivity index (χ1v) is 14.4. The molecule has 6 rings (SSSR count). The van der Waals surface area contributed by atoms with Gasteiger partial charge in [0.2, 0.25) is 5.91 Å². The van der Waals surface area contributed by atoms with Crippen molar-refractivity contribution < 1.29 is 22.5 Å². The van der Waals surface area contributed by atoms with Crippen molar-refractivity contribution >= 4 is 5.91 Å². The zero-order valence-electron chi connectivity index (χ0n) is 22.2. The summed E-state index contributed by atoms with van der Waals surface area (Å²) in [6.07, 6.45) is 12.5. The molecule has 196 valence electrons. The van der Waals surface area contributed by atoms with Crippen molar-refractivity contribution in [3.05, 3.63) is 58.9 Å². The minimum atomic E-state index is 0. The second-order valence-corrected chi connectivity index (χ2v) is 12.1. The molecule has 0 radical (unpaired) electrons. The third-order valence-corrected chi connectivity index (χ3v) is 10.4. The van der Waals surface area contributed by atoms with Crippen molar-refractivity contribution in [2.75, 3.05) is 19.6 Å². The quantitative estimate of drug-likeness (QED) is 0.668. The van der Waals surface area contributed by atoms with Crippen molar-refractivity contribution in [1.29, 1.82) is 0 Å². The molecule has 2 N–H and O–H groups in total. The summed E-state index contributed by atoms with van der Waals surface area (Å²) < 4.78 is 2.40. The van der Waals surface area contributed by atoms with Gasteiger partial charge in [-0.15, -0.1) is 0 Å². The molecule has 2 saturated heterocycles. The summed E-state index contributed by atoms with van der Waals surface area (Å²) in [6, 6.07) is 13.9. The molecule has 36 heavy (non-hydrogen) atoms. The molecule has 1 amide bonds. The molecule has 1 aromatic carbocycles. The van der Waals surface area contributed by atoms with Crippen LogP contribution in [-0.4, -0.2) is 41.1 Å². The lowest BCUT2D eigenvalue weighted by atomic mass is 9.65. The molecule has 2 aromatic rings. The number of fused-ring (bicyclic) bond motifs is 2. The van der Waals surface area contributed by atoms with Crippen LogP contribution >= 0.6 is 0 Å². The summed E-state index contributed by atoms with van der Waals surface area (Å²) in [5.74, 6) is 1.88. The molecule has 3 heterocycles. The number of carbonyl (C=O) groups is 1. The molecule has 2 aliphatic heterocycles. The zero-order valence-corrected chi connectivity index (χ0v) is 23.0. The number of likely N-dealkylation sites (tertiary alicyclic amines) is 1. The lowest BCUT2D eigenvalue weighted by molar-refractivity contribution is -0.640. The van der Waals surface area contributed by atoms with Crippen LogP contribution in [0.5, 0.6) is 0 Å². The molecular weight excluding hydrogens is 466 g/mol. The fourth-order valence-electron chi connectivity index (χ4n) is 8.47. The summed E-state index contributed by atoms with van der Waals surface area (Å²) in [7, 11) is 2.22. The molecule has 3 fully saturated rings. The molecule has 1 spiro atoms. The number of aromatic nitrogens is 1. The number of piperidine rings is 1. The molecule has 4 aliphatic rings. The van der Waals surface area contributed by atoms with Gasteiger partial charge in [0.25, 0.3) is 0 Å². The maximum absolute atomic E-state index is 14.6. The van der Waals surface area contributed by atoms with Crippen molar-refractivity contribution in [2.45, 2.75) is 88.5 Å². The van der Waals surface area contributed by atoms with E-state index in [-0.39, 0.29) is 23.7 Å². The highest BCUT2D eigenvalue weighted by molar-refractivity contribution is 5.82. The van der Waals surface area contributed by atoms with Crippen molar-refractivity contribution in [3.8, 4) is 0 Å². The lowest BCUT2D eigenvalue weighted by Gasteiger charge is -2.47. The monoisotopic (exact) mass is 509 g/mol. The Bertz CT molecular complexity index is 1060. The highest BCUT2D eigenvalue weighted by Crippen LogP contribution is 2.47. The van der Waals surface area contributed by atoms with E-state index in [1.54, 1.807) is 0 Å². The maximum Gasteiger partial charge on any atom is 0.232 e. The van der Waals surface area contributed by atoms with Gasteiger partial charge in [0.15, 0.2) is 0 Å². The van der Waals surface area contributed by atoms with Crippen LogP contribution in [0, 0.1) is 18.8 Å². The van der Waals surface area contributed by atoms with E-state index in [1.807, 2.05) is 0 Å². The predicted octanol–water partition coefficient (Wildman–Crippen LogP) is 1.46. The van der Waals surface area contributed by atoms with E-state index in [0.717, 1.165) is 38.9 Å². The van der Waals surface area contributed by atoms with Crippen LogP contribution < -0.4 is 17.7 Å². The van der Waals surface area contributed by atoms with E-state index < -0.39 is 0 Å². The molecule has 4 atom stereocenters. The van der Waals surface area contributed by atoms with Gasteiger partial charge in [-0.3, -0.25) is 4.79 Å². The number of halogens is 1. The third-order valence-electron chi connectivity index (χ3n) is 10.4. The fraction of sp³-hybridized carbons (Fsp3) is 0.645. The van der Waals surface area contributed by atoms with E-state index >= 15 is 0 Å². The smallest absolute Gasteiger partial charge is 0.232 e. The second kappa shape index (κ2) is 10.5. The van der Waals surface area contributed by atoms with Gasteiger partial charge < -0.3 is 27.2 Å².